The summed E-state index contributed by atoms with van der Waals surface area (Å²) < 4.78 is 0. The van der Waals surface area contributed by atoms with Crippen LogP contribution < -0.4 is 44.9 Å². The molecule has 0 aromatic carbocycles. The quantitative estimate of drug-likeness (QED) is 0.0779. The van der Waals surface area contributed by atoms with Gasteiger partial charge in [0.25, 0.3) is 0 Å². The van der Waals surface area contributed by atoms with Crippen molar-refractivity contribution in [1.29, 1.82) is 0 Å². The fourth-order valence-corrected chi connectivity index (χ4v) is 4.74. The van der Waals surface area contributed by atoms with Crippen LogP contribution in [0.25, 0.3) is 0 Å². The first-order valence-corrected chi connectivity index (χ1v) is 17.9. The third-order valence-electron chi connectivity index (χ3n) is 7.45. The molecule has 0 aliphatic rings. The topological polar surface area (TPSA) is 120 Å². The van der Waals surface area contributed by atoms with Crippen molar-refractivity contribution in [2.75, 3.05) is 0 Å². The Bertz CT molecular complexity index is 487. The molecule has 6 nitrogen and oxygen atoms in total. The predicted molar refractivity (Wildman–Crippen MR) is 171 cm³/mol. The zero-order valence-electron chi connectivity index (χ0n) is 29.5. The van der Waals surface area contributed by atoms with Crippen LogP contribution in [-0.2, 0) is 31.5 Å². The second-order valence-corrected chi connectivity index (χ2v) is 11.9. The van der Waals surface area contributed by atoms with Crippen molar-refractivity contribution in [2.45, 2.75) is 213 Å². The van der Waals surface area contributed by atoms with E-state index in [0.717, 1.165) is 38.5 Å². The van der Waals surface area contributed by atoms with Crippen LogP contribution in [0.5, 0.6) is 0 Å². The van der Waals surface area contributed by atoms with E-state index in [1.54, 1.807) is 0 Å². The monoisotopic (exact) mass is 683 g/mol. The Morgan fingerprint density at radius 2 is 0.455 bits per heavy atom. The van der Waals surface area contributed by atoms with E-state index in [-0.39, 0.29) is 65.9 Å². The van der Waals surface area contributed by atoms with Gasteiger partial charge in [0, 0.05) is 17.9 Å². The molecule has 0 aromatic rings. The predicted octanol–water partition coefficient (Wildman–Crippen LogP) is 4.97. The minimum atomic E-state index is -0.909. The van der Waals surface area contributed by atoms with Gasteiger partial charge in [-0.1, -0.05) is 175 Å². The normalized spacial score (nSPS) is 9.89. The number of unbranched alkanes of at least 4 members (excludes halogenated alkanes) is 24. The van der Waals surface area contributed by atoms with Crippen molar-refractivity contribution in [3.05, 3.63) is 0 Å². The number of hydrogen-bond acceptors (Lipinski definition) is 6. The van der Waals surface area contributed by atoms with Crippen LogP contribution in [0, 0.1) is 0 Å². The minimum Gasteiger partial charge on any atom is -0.550 e. The molecule has 0 aliphatic heterocycles. The fraction of sp³-hybridized carbons (Fsp3) is 0.917. The molecule has 0 spiro atoms. The molecule has 8 heteroatoms. The molecule has 1 radical (unpaired) electrons. The molecule has 0 aromatic heterocycles. The van der Waals surface area contributed by atoms with E-state index in [1.807, 2.05) is 0 Å². The maximum atomic E-state index is 10.1. The van der Waals surface area contributed by atoms with E-state index in [9.17, 15) is 29.7 Å². The van der Waals surface area contributed by atoms with Crippen LogP contribution in [0.3, 0.4) is 0 Å². The number of hydrogen-bond donors (Lipinski definition) is 0. The van der Waals surface area contributed by atoms with Gasteiger partial charge >= 0.3 is 46.6 Å². The Hall–Kier alpha value is -0.0705. The number of carboxylic acids is 3. The molecule has 0 unspecified atom stereocenters. The Balaban J connectivity index is -0.000000169. The fourth-order valence-electron chi connectivity index (χ4n) is 4.74. The minimum absolute atomic E-state index is 0. The van der Waals surface area contributed by atoms with E-state index in [1.165, 1.54) is 135 Å². The van der Waals surface area contributed by atoms with Crippen molar-refractivity contribution in [2.24, 2.45) is 0 Å². The molecule has 0 saturated carbocycles. The SMILES string of the molecule is CCCCCCCCCCCC(=O)[O-].CCCCCCCCCCCC(=O)[O-].CCCCCCCCCCCC(=O)[O-].[Cu+2].[Na+]. The van der Waals surface area contributed by atoms with Crippen LogP contribution >= 0.6 is 0 Å². The summed E-state index contributed by atoms with van der Waals surface area (Å²) in [5, 5.41) is 30.3. The van der Waals surface area contributed by atoms with E-state index in [2.05, 4.69) is 20.8 Å². The Morgan fingerprint density at radius 1 is 0.318 bits per heavy atom. The van der Waals surface area contributed by atoms with E-state index in [0.29, 0.717) is 0 Å². The van der Waals surface area contributed by atoms with Crippen molar-refractivity contribution in [3.8, 4) is 0 Å². The van der Waals surface area contributed by atoms with Crippen LogP contribution in [0.2, 0.25) is 0 Å². The molecule has 0 saturated heterocycles. The molecule has 0 bridgehead atoms. The zero-order chi connectivity index (χ0) is 31.9. The number of aliphatic carboxylic acids is 3. The molecule has 0 fully saturated rings. The second kappa shape index (κ2) is 49.8. The summed E-state index contributed by atoms with van der Waals surface area (Å²) in [4.78, 5) is 30.3. The summed E-state index contributed by atoms with van der Waals surface area (Å²) in [7, 11) is 0. The van der Waals surface area contributed by atoms with E-state index < -0.39 is 17.9 Å². The Morgan fingerprint density at radius 3 is 0.591 bits per heavy atom. The molecule has 261 valence electrons. The van der Waals surface area contributed by atoms with Gasteiger partial charge in [-0.05, 0) is 38.5 Å². The van der Waals surface area contributed by atoms with Gasteiger partial charge in [-0.25, -0.2) is 0 Å². The molecule has 44 heavy (non-hydrogen) atoms. The maximum Gasteiger partial charge on any atom is 2.00 e. The van der Waals surface area contributed by atoms with Crippen molar-refractivity contribution < 1.29 is 76.3 Å². The number of carboxylic acid groups (broad SMARTS) is 3. The zero-order valence-corrected chi connectivity index (χ0v) is 32.4. The van der Waals surface area contributed by atoms with Gasteiger partial charge in [-0.3, -0.25) is 0 Å². The Labute approximate surface area is 305 Å². The summed E-state index contributed by atoms with van der Waals surface area (Å²) in [5.41, 5.74) is 0. The maximum absolute atomic E-state index is 10.1. The Kier molecular flexibility index (Phi) is 60.5. The number of rotatable bonds is 30. The van der Waals surface area contributed by atoms with E-state index in [4.69, 9.17) is 0 Å². The van der Waals surface area contributed by atoms with Crippen molar-refractivity contribution in [3.63, 3.8) is 0 Å². The molecular weight excluding hydrogens is 615 g/mol. The van der Waals surface area contributed by atoms with Crippen LogP contribution in [0.4, 0.5) is 0 Å². The van der Waals surface area contributed by atoms with Gasteiger partial charge in [0.2, 0.25) is 0 Å². The largest absolute Gasteiger partial charge is 2.00 e. The van der Waals surface area contributed by atoms with Gasteiger partial charge in [-0.15, -0.1) is 0 Å². The van der Waals surface area contributed by atoms with Crippen LogP contribution in [0.15, 0.2) is 0 Å². The van der Waals surface area contributed by atoms with Gasteiger partial charge in [0.15, 0.2) is 0 Å². The molecule has 0 heterocycles. The van der Waals surface area contributed by atoms with Gasteiger partial charge < -0.3 is 29.7 Å². The molecule has 0 aliphatic carbocycles. The van der Waals surface area contributed by atoms with Crippen molar-refractivity contribution in [1.82, 2.24) is 0 Å². The summed E-state index contributed by atoms with van der Waals surface area (Å²) in [6, 6.07) is 0. The molecule has 0 atom stereocenters. The number of carbonyl (C=O) groups excluding carboxylic acids is 3. The first kappa shape index (κ1) is 53.4. The first-order valence-electron chi connectivity index (χ1n) is 17.9. The van der Waals surface area contributed by atoms with Gasteiger partial charge in [-0.2, -0.15) is 0 Å². The third-order valence-corrected chi connectivity index (χ3v) is 7.45. The van der Waals surface area contributed by atoms with Crippen LogP contribution in [-0.4, -0.2) is 17.9 Å². The smallest absolute Gasteiger partial charge is 0.550 e. The average molecular weight is 684 g/mol. The average Bonchev–Trinajstić information content (AvgIpc) is 2.95. The standard InChI is InChI=1S/3C12H24O2.Cu.Na/c3*1-2-3-4-5-6-7-8-9-10-11-12(13)14;;/h3*2-11H2,1H3,(H,13,14);;/q;;;+2;+1/p-3. The molecule has 0 amide bonds. The summed E-state index contributed by atoms with van der Waals surface area (Å²) >= 11 is 0. The van der Waals surface area contributed by atoms with Gasteiger partial charge in [0.1, 0.15) is 0 Å². The summed E-state index contributed by atoms with van der Waals surface area (Å²) in [5.74, 6) is -2.73. The molecule has 0 rings (SSSR count). The van der Waals surface area contributed by atoms with E-state index >= 15 is 0 Å². The summed E-state index contributed by atoms with van der Waals surface area (Å²) in [6.07, 6.45) is 33.5. The molecular formula is C36H69CuNaO6. The number of carbonyl (C=O) groups is 3. The summed E-state index contributed by atoms with van der Waals surface area (Å²) in [6.45, 7) is 6.67. The van der Waals surface area contributed by atoms with Crippen LogP contribution in [0.1, 0.15) is 213 Å². The first-order chi connectivity index (χ1) is 20.3. The third kappa shape index (κ3) is 64.8. The van der Waals surface area contributed by atoms with Gasteiger partial charge in [0.05, 0.1) is 0 Å². The molecule has 0 N–H and O–H groups in total. The van der Waals surface area contributed by atoms with Crippen molar-refractivity contribution >= 4 is 17.9 Å². The second-order valence-electron chi connectivity index (χ2n) is 11.9.